The highest BCUT2D eigenvalue weighted by Gasteiger charge is 2.16. The van der Waals surface area contributed by atoms with Crippen LogP contribution in [0.25, 0.3) is 0 Å². The highest BCUT2D eigenvalue weighted by molar-refractivity contribution is 5.95. The van der Waals surface area contributed by atoms with Crippen LogP contribution in [0.3, 0.4) is 0 Å². The summed E-state index contributed by atoms with van der Waals surface area (Å²) in [6.07, 6.45) is 5.95. The van der Waals surface area contributed by atoms with Crippen molar-refractivity contribution in [2.75, 3.05) is 13.1 Å². The minimum atomic E-state index is 0. The Kier molecular flexibility index (Phi) is 4.83. The number of nitrogens with one attached hydrogen (secondary N) is 3. The van der Waals surface area contributed by atoms with E-state index < -0.39 is 0 Å². The van der Waals surface area contributed by atoms with Crippen molar-refractivity contribution in [3.8, 4) is 0 Å². The SMILES string of the molecule is Cc1c[nH]cc1C(=O)NCC1CCCN1.Cl. The zero-order valence-corrected chi connectivity index (χ0v) is 10.2. The van der Waals surface area contributed by atoms with Crippen molar-refractivity contribution in [2.45, 2.75) is 25.8 Å². The first kappa shape index (κ1) is 13.1. The van der Waals surface area contributed by atoms with Crippen molar-refractivity contribution < 1.29 is 4.79 Å². The molecule has 1 atom stereocenters. The van der Waals surface area contributed by atoms with Crippen molar-refractivity contribution >= 4 is 18.3 Å². The number of hydrogen-bond acceptors (Lipinski definition) is 2. The van der Waals surface area contributed by atoms with Gasteiger partial charge in [-0.05, 0) is 31.9 Å². The number of halogens is 1. The average Bonchev–Trinajstić information content (AvgIpc) is 2.84. The number of rotatable bonds is 3. The molecule has 1 aromatic heterocycles. The molecule has 3 N–H and O–H groups in total. The first-order chi connectivity index (χ1) is 7.27. The smallest absolute Gasteiger partial charge is 0.253 e. The van der Waals surface area contributed by atoms with Gasteiger partial charge in [-0.1, -0.05) is 0 Å². The van der Waals surface area contributed by atoms with E-state index in [0.29, 0.717) is 6.04 Å². The molecule has 90 valence electrons. The van der Waals surface area contributed by atoms with Crippen LogP contribution in [0.1, 0.15) is 28.8 Å². The van der Waals surface area contributed by atoms with Gasteiger partial charge in [0.25, 0.3) is 5.91 Å². The van der Waals surface area contributed by atoms with Crippen molar-refractivity contribution in [2.24, 2.45) is 0 Å². The second-order valence-electron chi connectivity index (χ2n) is 4.06. The molecule has 16 heavy (non-hydrogen) atoms. The van der Waals surface area contributed by atoms with Crippen LogP contribution in [0.4, 0.5) is 0 Å². The van der Waals surface area contributed by atoms with Crippen LogP contribution in [0.5, 0.6) is 0 Å². The van der Waals surface area contributed by atoms with Crippen molar-refractivity contribution in [3.05, 3.63) is 23.5 Å². The molecule has 4 nitrogen and oxygen atoms in total. The summed E-state index contributed by atoms with van der Waals surface area (Å²) in [6, 6.07) is 0.452. The number of carbonyl (C=O) groups excluding carboxylic acids is 1. The fraction of sp³-hybridized carbons (Fsp3) is 0.545. The molecule has 0 spiro atoms. The van der Waals surface area contributed by atoms with Crippen LogP contribution in [-0.2, 0) is 0 Å². The molecule has 0 bridgehead atoms. The summed E-state index contributed by atoms with van der Waals surface area (Å²) in [5.74, 6) is 0.0162. The molecular formula is C11H18ClN3O. The van der Waals surface area contributed by atoms with E-state index in [1.165, 1.54) is 6.42 Å². The molecule has 1 aliphatic heterocycles. The number of hydrogen-bond donors (Lipinski definition) is 3. The Hall–Kier alpha value is -1.00. The summed E-state index contributed by atoms with van der Waals surface area (Å²) in [7, 11) is 0. The zero-order valence-electron chi connectivity index (χ0n) is 9.38. The van der Waals surface area contributed by atoms with Gasteiger partial charge < -0.3 is 15.6 Å². The van der Waals surface area contributed by atoms with E-state index >= 15 is 0 Å². The lowest BCUT2D eigenvalue weighted by atomic mass is 10.2. The second-order valence-corrected chi connectivity index (χ2v) is 4.06. The topological polar surface area (TPSA) is 56.9 Å². The van der Waals surface area contributed by atoms with Gasteiger partial charge >= 0.3 is 0 Å². The molecule has 1 fully saturated rings. The molecular weight excluding hydrogens is 226 g/mol. The Morgan fingerprint density at radius 2 is 2.38 bits per heavy atom. The third-order valence-corrected chi connectivity index (χ3v) is 2.87. The summed E-state index contributed by atoms with van der Waals surface area (Å²) in [6.45, 7) is 3.73. The Labute approximate surface area is 102 Å². The molecule has 0 radical (unpaired) electrons. The first-order valence-corrected chi connectivity index (χ1v) is 5.42. The molecule has 5 heteroatoms. The average molecular weight is 244 g/mol. The Morgan fingerprint density at radius 3 is 2.94 bits per heavy atom. The van der Waals surface area contributed by atoms with Crippen LogP contribution in [0.15, 0.2) is 12.4 Å². The lowest BCUT2D eigenvalue weighted by Crippen LogP contribution is -2.37. The second kappa shape index (κ2) is 5.92. The molecule has 0 aliphatic carbocycles. The van der Waals surface area contributed by atoms with Crippen LogP contribution in [0.2, 0.25) is 0 Å². The van der Waals surface area contributed by atoms with Crippen LogP contribution in [0, 0.1) is 6.92 Å². The Bertz CT molecular complexity index is 345. The van der Waals surface area contributed by atoms with Crippen LogP contribution < -0.4 is 10.6 Å². The molecule has 1 aliphatic rings. The van der Waals surface area contributed by atoms with E-state index in [1.807, 2.05) is 13.1 Å². The van der Waals surface area contributed by atoms with Crippen LogP contribution in [-0.4, -0.2) is 30.0 Å². The quantitative estimate of drug-likeness (QED) is 0.748. The van der Waals surface area contributed by atoms with E-state index in [-0.39, 0.29) is 18.3 Å². The number of H-pyrrole nitrogens is 1. The Morgan fingerprint density at radius 1 is 1.56 bits per heavy atom. The van der Waals surface area contributed by atoms with E-state index in [4.69, 9.17) is 0 Å². The van der Waals surface area contributed by atoms with Gasteiger partial charge in [0.15, 0.2) is 0 Å². The molecule has 0 aromatic carbocycles. The highest BCUT2D eigenvalue weighted by atomic mass is 35.5. The van der Waals surface area contributed by atoms with Gasteiger partial charge in [0.2, 0.25) is 0 Å². The van der Waals surface area contributed by atoms with Gasteiger partial charge in [-0.3, -0.25) is 4.79 Å². The minimum Gasteiger partial charge on any atom is -0.367 e. The summed E-state index contributed by atoms with van der Waals surface area (Å²) >= 11 is 0. The van der Waals surface area contributed by atoms with Gasteiger partial charge in [0, 0.05) is 25.0 Å². The number of carbonyl (C=O) groups is 1. The molecule has 1 amide bonds. The van der Waals surface area contributed by atoms with E-state index in [0.717, 1.165) is 30.6 Å². The fourth-order valence-corrected chi connectivity index (χ4v) is 1.93. The summed E-state index contributed by atoms with van der Waals surface area (Å²) in [5.41, 5.74) is 1.74. The minimum absolute atomic E-state index is 0. The largest absolute Gasteiger partial charge is 0.367 e. The highest BCUT2D eigenvalue weighted by Crippen LogP contribution is 2.07. The maximum absolute atomic E-state index is 11.7. The molecule has 1 aromatic rings. The van der Waals surface area contributed by atoms with E-state index in [1.54, 1.807) is 6.20 Å². The maximum atomic E-state index is 11.7. The summed E-state index contributed by atoms with van der Waals surface area (Å²) in [5, 5.41) is 6.30. The van der Waals surface area contributed by atoms with Gasteiger partial charge in [-0.15, -0.1) is 12.4 Å². The first-order valence-electron chi connectivity index (χ1n) is 5.42. The predicted octanol–water partition coefficient (Wildman–Crippen LogP) is 1.23. The van der Waals surface area contributed by atoms with Crippen LogP contribution >= 0.6 is 12.4 Å². The van der Waals surface area contributed by atoms with E-state index in [9.17, 15) is 4.79 Å². The number of aromatic nitrogens is 1. The summed E-state index contributed by atoms with van der Waals surface area (Å²) in [4.78, 5) is 14.7. The lowest BCUT2D eigenvalue weighted by molar-refractivity contribution is 0.0950. The summed E-state index contributed by atoms with van der Waals surface area (Å²) < 4.78 is 0. The van der Waals surface area contributed by atoms with Crippen molar-refractivity contribution in [3.63, 3.8) is 0 Å². The van der Waals surface area contributed by atoms with Gasteiger partial charge in [-0.25, -0.2) is 0 Å². The standard InChI is InChI=1S/C11H17N3O.ClH/c1-8-5-12-7-10(8)11(15)14-6-9-3-2-4-13-9;/h5,7,9,12-13H,2-4,6H2,1H3,(H,14,15);1H. The zero-order chi connectivity index (χ0) is 10.7. The van der Waals surface area contributed by atoms with Crippen molar-refractivity contribution in [1.82, 2.24) is 15.6 Å². The maximum Gasteiger partial charge on any atom is 0.253 e. The molecule has 2 heterocycles. The number of aromatic amines is 1. The molecule has 0 saturated carbocycles. The van der Waals surface area contributed by atoms with Crippen molar-refractivity contribution in [1.29, 1.82) is 0 Å². The number of amides is 1. The fourth-order valence-electron chi connectivity index (χ4n) is 1.93. The Balaban J connectivity index is 0.00000128. The monoisotopic (exact) mass is 243 g/mol. The third-order valence-electron chi connectivity index (χ3n) is 2.87. The molecule has 1 unspecified atom stereocenters. The number of aryl methyl sites for hydroxylation is 1. The predicted molar refractivity (Wildman–Crippen MR) is 66.1 cm³/mol. The normalized spacial score (nSPS) is 19.2. The van der Waals surface area contributed by atoms with Gasteiger partial charge in [-0.2, -0.15) is 0 Å². The van der Waals surface area contributed by atoms with E-state index in [2.05, 4.69) is 15.6 Å². The molecule has 1 saturated heterocycles. The van der Waals surface area contributed by atoms with Gasteiger partial charge in [0.05, 0.1) is 5.56 Å². The third kappa shape index (κ3) is 3.00. The van der Waals surface area contributed by atoms with Gasteiger partial charge in [0.1, 0.15) is 0 Å². The molecule has 2 rings (SSSR count). The lowest BCUT2D eigenvalue weighted by Gasteiger charge is -2.11.